The molecule has 0 unspecified atom stereocenters. The molecule has 3 rings (SSSR count). The highest BCUT2D eigenvalue weighted by Crippen LogP contribution is 2.34. The number of ether oxygens (including phenoxy) is 2. The molecule has 0 spiro atoms. The number of nitrogens with zero attached hydrogens (tertiary/aromatic N) is 3. The zero-order chi connectivity index (χ0) is 22.2. The summed E-state index contributed by atoms with van der Waals surface area (Å²) in [7, 11) is 3.59. The van der Waals surface area contributed by atoms with Gasteiger partial charge in [-0.1, -0.05) is 62.4 Å². The van der Waals surface area contributed by atoms with Crippen molar-refractivity contribution in [2.75, 3.05) is 26.8 Å². The average molecular weight is 424 g/mol. The summed E-state index contributed by atoms with van der Waals surface area (Å²) in [5, 5.41) is 15.3. The normalized spacial score (nSPS) is 12.5. The first kappa shape index (κ1) is 23.0. The van der Waals surface area contributed by atoms with Crippen LogP contribution in [0.2, 0.25) is 0 Å². The summed E-state index contributed by atoms with van der Waals surface area (Å²) >= 11 is 0. The fourth-order valence-electron chi connectivity index (χ4n) is 3.40. The van der Waals surface area contributed by atoms with E-state index < -0.39 is 6.10 Å². The van der Waals surface area contributed by atoms with Crippen LogP contribution in [-0.4, -0.2) is 52.7 Å². The lowest BCUT2D eigenvalue weighted by Gasteiger charge is -2.27. The predicted octanol–water partition coefficient (Wildman–Crippen LogP) is 4.34. The Balaban J connectivity index is 1.99. The third kappa shape index (κ3) is 6.17. The van der Waals surface area contributed by atoms with Gasteiger partial charge in [0.1, 0.15) is 11.4 Å². The van der Waals surface area contributed by atoms with E-state index in [9.17, 15) is 5.11 Å². The number of aliphatic hydroxyl groups is 1. The maximum Gasteiger partial charge on any atom is 0.222 e. The maximum absolute atomic E-state index is 10.5. The van der Waals surface area contributed by atoms with Gasteiger partial charge in [-0.2, -0.15) is 5.10 Å². The van der Waals surface area contributed by atoms with Crippen molar-refractivity contribution < 1.29 is 14.6 Å². The van der Waals surface area contributed by atoms with Crippen LogP contribution in [-0.2, 0) is 18.3 Å². The number of rotatable bonds is 11. The first-order valence-electron chi connectivity index (χ1n) is 10.7. The predicted molar refractivity (Wildman–Crippen MR) is 123 cm³/mol. The van der Waals surface area contributed by atoms with E-state index in [1.165, 1.54) is 0 Å². The summed E-state index contributed by atoms with van der Waals surface area (Å²) in [6, 6.07) is 19.9. The first-order chi connectivity index (χ1) is 15.0. The molecule has 6 nitrogen and oxygen atoms in total. The number of aliphatic hydroxyl groups excluding tert-OH is 1. The molecule has 0 radical (unpaired) electrons. The van der Waals surface area contributed by atoms with E-state index in [1.54, 1.807) is 11.8 Å². The Labute approximate surface area is 185 Å². The van der Waals surface area contributed by atoms with Crippen molar-refractivity contribution in [2.45, 2.75) is 26.5 Å². The molecule has 0 aliphatic rings. The highest BCUT2D eigenvalue weighted by Gasteiger charge is 2.24. The van der Waals surface area contributed by atoms with Crippen molar-refractivity contribution in [3.63, 3.8) is 0 Å². The van der Waals surface area contributed by atoms with Crippen LogP contribution in [0.25, 0.3) is 11.3 Å². The standard InChI is InChI=1S/C25H33N3O3/c1-19(2)23(29)18-28(15-16-30-4)17-22-24(20-11-7-5-8-12-20)26-27(3)25(22)31-21-13-9-6-10-14-21/h5-14,19,23,29H,15-18H2,1-4H3/t23-/m0/s1. The molecule has 3 aromatic rings. The summed E-state index contributed by atoms with van der Waals surface area (Å²) in [6.45, 7) is 6.49. The van der Waals surface area contributed by atoms with Crippen molar-refractivity contribution in [2.24, 2.45) is 13.0 Å². The molecule has 0 aliphatic carbocycles. The van der Waals surface area contributed by atoms with Gasteiger partial charge in [0, 0.05) is 39.4 Å². The highest BCUT2D eigenvalue weighted by molar-refractivity contribution is 5.65. The van der Waals surface area contributed by atoms with Crippen molar-refractivity contribution >= 4 is 0 Å². The summed E-state index contributed by atoms with van der Waals surface area (Å²) in [6.07, 6.45) is -0.424. The fraction of sp³-hybridized carbons (Fsp3) is 0.400. The zero-order valence-electron chi connectivity index (χ0n) is 18.9. The largest absolute Gasteiger partial charge is 0.439 e. The number of para-hydroxylation sites is 1. The Morgan fingerprint density at radius 1 is 1.03 bits per heavy atom. The zero-order valence-corrected chi connectivity index (χ0v) is 18.9. The van der Waals surface area contributed by atoms with E-state index in [0.29, 0.717) is 32.1 Å². The van der Waals surface area contributed by atoms with Gasteiger partial charge in [-0.25, -0.2) is 4.68 Å². The lowest BCUT2D eigenvalue weighted by molar-refractivity contribution is 0.0589. The third-order valence-electron chi connectivity index (χ3n) is 5.30. The van der Waals surface area contributed by atoms with Gasteiger partial charge in [0.15, 0.2) is 0 Å². The SMILES string of the molecule is COCCN(Cc1c(-c2ccccc2)nn(C)c1Oc1ccccc1)C[C@H](O)C(C)C. The third-order valence-corrected chi connectivity index (χ3v) is 5.30. The molecule has 0 aliphatic heterocycles. The van der Waals surface area contributed by atoms with Crippen LogP contribution < -0.4 is 4.74 Å². The Hall–Kier alpha value is -2.67. The number of aromatic nitrogens is 2. The molecule has 0 saturated carbocycles. The maximum atomic E-state index is 10.5. The molecule has 1 N–H and O–H groups in total. The van der Waals surface area contributed by atoms with Gasteiger partial charge in [-0.15, -0.1) is 0 Å². The van der Waals surface area contributed by atoms with E-state index in [4.69, 9.17) is 14.6 Å². The molecule has 166 valence electrons. The summed E-state index contributed by atoms with van der Waals surface area (Å²) in [5.41, 5.74) is 2.91. The number of hydrogen-bond donors (Lipinski definition) is 1. The van der Waals surface area contributed by atoms with Crippen molar-refractivity contribution in [3.05, 3.63) is 66.2 Å². The highest BCUT2D eigenvalue weighted by atomic mass is 16.5. The molecular weight excluding hydrogens is 390 g/mol. The van der Waals surface area contributed by atoms with E-state index in [1.807, 2.05) is 69.4 Å². The van der Waals surface area contributed by atoms with Crippen LogP contribution in [0.3, 0.4) is 0 Å². The Kier molecular flexibility index (Phi) is 8.23. The van der Waals surface area contributed by atoms with E-state index in [2.05, 4.69) is 17.0 Å². The first-order valence-corrected chi connectivity index (χ1v) is 10.7. The van der Waals surface area contributed by atoms with Crippen LogP contribution in [0.5, 0.6) is 11.6 Å². The second-order valence-corrected chi connectivity index (χ2v) is 8.08. The topological polar surface area (TPSA) is 59.8 Å². The van der Waals surface area contributed by atoms with Crippen LogP contribution in [0, 0.1) is 5.92 Å². The van der Waals surface area contributed by atoms with Crippen molar-refractivity contribution in [3.8, 4) is 22.9 Å². The molecule has 0 bridgehead atoms. The van der Waals surface area contributed by atoms with E-state index in [-0.39, 0.29) is 5.92 Å². The molecule has 2 aromatic carbocycles. The second-order valence-electron chi connectivity index (χ2n) is 8.08. The minimum Gasteiger partial charge on any atom is -0.439 e. The van der Waals surface area contributed by atoms with Gasteiger partial charge in [-0.3, -0.25) is 4.90 Å². The summed E-state index contributed by atoms with van der Waals surface area (Å²) in [5.74, 6) is 1.64. The quantitative estimate of drug-likeness (QED) is 0.497. The van der Waals surface area contributed by atoms with Gasteiger partial charge in [0.25, 0.3) is 0 Å². The molecule has 0 saturated heterocycles. The van der Waals surface area contributed by atoms with Gasteiger partial charge in [-0.05, 0) is 18.1 Å². The van der Waals surface area contributed by atoms with Crippen molar-refractivity contribution in [1.29, 1.82) is 0 Å². The summed E-state index contributed by atoms with van der Waals surface area (Å²) in [4.78, 5) is 2.20. The van der Waals surface area contributed by atoms with Gasteiger partial charge in [0.2, 0.25) is 5.88 Å². The fourth-order valence-corrected chi connectivity index (χ4v) is 3.40. The van der Waals surface area contributed by atoms with E-state index in [0.717, 1.165) is 22.6 Å². The van der Waals surface area contributed by atoms with Gasteiger partial charge < -0.3 is 14.6 Å². The van der Waals surface area contributed by atoms with Gasteiger partial charge >= 0.3 is 0 Å². The number of methoxy groups -OCH3 is 1. The molecular formula is C25H33N3O3. The van der Waals surface area contributed by atoms with E-state index >= 15 is 0 Å². The minimum absolute atomic E-state index is 0.174. The monoisotopic (exact) mass is 423 g/mol. The average Bonchev–Trinajstić information content (AvgIpc) is 3.08. The number of aryl methyl sites for hydroxylation is 1. The minimum atomic E-state index is -0.424. The van der Waals surface area contributed by atoms with Crippen LogP contribution >= 0.6 is 0 Å². The number of hydrogen-bond acceptors (Lipinski definition) is 5. The molecule has 0 fully saturated rings. The van der Waals surface area contributed by atoms with Crippen LogP contribution in [0.1, 0.15) is 19.4 Å². The molecule has 6 heteroatoms. The second kappa shape index (κ2) is 11.1. The van der Waals surface area contributed by atoms with Gasteiger partial charge in [0.05, 0.1) is 18.3 Å². The molecule has 1 aromatic heterocycles. The smallest absolute Gasteiger partial charge is 0.222 e. The molecule has 1 atom stereocenters. The Morgan fingerprint density at radius 2 is 1.68 bits per heavy atom. The molecule has 1 heterocycles. The molecule has 0 amide bonds. The van der Waals surface area contributed by atoms with Crippen molar-refractivity contribution in [1.82, 2.24) is 14.7 Å². The van der Waals surface area contributed by atoms with Crippen LogP contribution in [0.15, 0.2) is 60.7 Å². The van der Waals surface area contributed by atoms with Crippen LogP contribution in [0.4, 0.5) is 0 Å². The lowest BCUT2D eigenvalue weighted by atomic mass is 10.1. The lowest BCUT2D eigenvalue weighted by Crippen LogP contribution is -2.36. The number of benzene rings is 2. The molecule has 31 heavy (non-hydrogen) atoms. The Bertz CT molecular complexity index is 926. The summed E-state index contributed by atoms with van der Waals surface area (Å²) < 4.78 is 13.4. The Morgan fingerprint density at radius 3 is 2.29 bits per heavy atom.